The molecular formula is C71H44N6. The summed E-state index contributed by atoms with van der Waals surface area (Å²) in [6, 6.07) is 95.0. The zero-order chi connectivity index (χ0) is 51.0. The predicted molar refractivity (Wildman–Crippen MR) is 318 cm³/mol. The molecule has 0 unspecified atom stereocenters. The largest absolute Gasteiger partial charge is 0.309 e. The molecule has 11 aromatic carbocycles. The fourth-order valence-electron chi connectivity index (χ4n) is 11.6. The standard InChI is InChI=1S/C71H44N6/c1-72-53-17-13-16-52(42-53)71-73-63(50-14-3-2-4-15-50)45-64(74-71)51-32-30-48(31-33-51)46-26-28-47(29-27-46)49-34-36-54(37-35-49)75-69-40-38-55(76-65-22-9-5-18-57(65)58-19-6-10-23-66(58)76)43-61(69)62-44-56(39-41-70(62)75)77-67-24-11-7-20-59(67)60-21-8-12-25-68(60)77/h2-45H. The lowest BCUT2D eigenvalue weighted by atomic mass is 9.98. The molecule has 358 valence electrons. The maximum Gasteiger partial charge on any atom is 0.187 e. The monoisotopic (exact) mass is 980 g/mol. The number of para-hydroxylation sites is 4. The van der Waals surface area contributed by atoms with E-state index >= 15 is 0 Å². The van der Waals surface area contributed by atoms with Crippen LogP contribution in [0, 0.1) is 6.57 Å². The van der Waals surface area contributed by atoms with Crippen LogP contribution in [0.2, 0.25) is 0 Å². The second kappa shape index (κ2) is 17.8. The van der Waals surface area contributed by atoms with Crippen molar-refractivity contribution in [3.63, 3.8) is 0 Å². The molecule has 15 rings (SSSR count). The van der Waals surface area contributed by atoms with E-state index in [2.05, 4.69) is 237 Å². The Morgan fingerprint density at radius 2 is 0.610 bits per heavy atom. The molecule has 0 amide bonds. The number of benzene rings is 11. The summed E-state index contributed by atoms with van der Waals surface area (Å²) in [4.78, 5) is 13.6. The van der Waals surface area contributed by atoms with Crippen molar-refractivity contribution in [2.24, 2.45) is 0 Å². The molecule has 15 aromatic rings. The number of fused-ring (bicyclic) bond motifs is 9. The molecule has 0 fully saturated rings. The van der Waals surface area contributed by atoms with Gasteiger partial charge in [-0.05, 0) is 107 Å². The fraction of sp³-hybridized carbons (Fsp3) is 0. The summed E-state index contributed by atoms with van der Waals surface area (Å²) in [7, 11) is 0. The SMILES string of the molecule is [C-]#[N+]c1cccc(-c2nc(-c3ccccc3)cc(-c3ccc(-c4ccc(-c5ccc(-n6c7ccc(-n8c9ccccc9c9ccccc98)cc7c7cc(-n8c9ccccc9c9ccccc98)ccc76)cc5)cc4)cc3)n2)c1. The minimum Gasteiger partial charge on any atom is -0.309 e. The van der Waals surface area contributed by atoms with Crippen LogP contribution in [0.25, 0.3) is 143 Å². The molecule has 0 bridgehead atoms. The Balaban J connectivity index is 0.785. The summed E-state index contributed by atoms with van der Waals surface area (Å²) >= 11 is 0. The number of rotatable bonds is 8. The van der Waals surface area contributed by atoms with Crippen molar-refractivity contribution in [1.82, 2.24) is 23.7 Å². The van der Waals surface area contributed by atoms with Crippen LogP contribution in [0.15, 0.2) is 267 Å². The zero-order valence-corrected chi connectivity index (χ0v) is 41.6. The van der Waals surface area contributed by atoms with Crippen molar-refractivity contribution in [2.75, 3.05) is 0 Å². The van der Waals surface area contributed by atoms with E-state index in [9.17, 15) is 0 Å². The maximum atomic E-state index is 7.57. The van der Waals surface area contributed by atoms with E-state index in [0.717, 1.165) is 78.4 Å². The molecular weight excluding hydrogens is 937 g/mol. The lowest BCUT2D eigenvalue weighted by Gasteiger charge is -2.12. The molecule has 0 aliphatic carbocycles. The van der Waals surface area contributed by atoms with Crippen LogP contribution in [0.1, 0.15) is 0 Å². The first-order valence-electron chi connectivity index (χ1n) is 25.9. The summed E-state index contributed by atoms with van der Waals surface area (Å²) in [6.07, 6.45) is 0. The number of aromatic nitrogens is 5. The normalized spacial score (nSPS) is 11.6. The van der Waals surface area contributed by atoms with Gasteiger partial charge in [0.15, 0.2) is 11.5 Å². The third-order valence-electron chi connectivity index (χ3n) is 15.3. The molecule has 4 heterocycles. The molecule has 77 heavy (non-hydrogen) atoms. The highest BCUT2D eigenvalue weighted by Crippen LogP contribution is 2.40. The quantitative estimate of drug-likeness (QED) is 0.142. The lowest BCUT2D eigenvalue weighted by Crippen LogP contribution is -1.96. The molecule has 0 saturated heterocycles. The van der Waals surface area contributed by atoms with Crippen LogP contribution in [0.5, 0.6) is 0 Å². The summed E-state index contributed by atoms with van der Waals surface area (Å²) < 4.78 is 7.25. The first-order chi connectivity index (χ1) is 38.1. The summed E-state index contributed by atoms with van der Waals surface area (Å²) in [5.74, 6) is 0.588. The molecule has 6 heteroatoms. The van der Waals surface area contributed by atoms with Crippen LogP contribution in [-0.2, 0) is 0 Å². The third-order valence-corrected chi connectivity index (χ3v) is 15.3. The van der Waals surface area contributed by atoms with Crippen LogP contribution >= 0.6 is 0 Å². The van der Waals surface area contributed by atoms with E-state index in [1.54, 1.807) is 6.07 Å². The summed E-state index contributed by atoms with van der Waals surface area (Å²) in [5, 5.41) is 7.37. The molecule has 0 saturated carbocycles. The minimum absolute atomic E-state index is 0.557. The highest BCUT2D eigenvalue weighted by atomic mass is 15.0. The lowest BCUT2D eigenvalue weighted by molar-refractivity contribution is 1.16. The van der Waals surface area contributed by atoms with Gasteiger partial charge >= 0.3 is 0 Å². The van der Waals surface area contributed by atoms with Gasteiger partial charge in [-0.3, -0.25) is 0 Å². The van der Waals surface area contributed by atoms with Crippen LogP contribution < -0.4 is 0 Å². The molecule has 6 nitrogen and oxygen atoms in total. The van der Waals surface area contributed by atoms with Crippen molar-refractivity contribution in [3.8, 4) is 73.2 Å². The minimum atomic E-state index is 0.557. The molecule has 0 atom stereocenters. The number of hydrogen-bond acceptors (Lipinski definition) is 2. The smallest absolute Gasteiger partial charge is 0.187 e. The van der Waals surface area contributed by atoms with Gasteiger partial charge in [0.25, 0.3) is 0 Å². The van der Waals surface area contributed by atoms with E-state index in [-0.39, 0.29) is 0 Å². The molecule has 0 radical (unpaired) electrons. The van der Waals surface area contributed by atoms with Gasteiger partial charge in [0, 0.05) is 66.1 Å². The number of nitrogens with zero attached hydrogens (tertiary/aromatic N) is 6. The topological polar surface area (TPSA) is 44.9 Å². The Morgan fingerprint density at radius 1 is 0.260 bits per heavy atom. The highest BCUT2D eigenvalue weighted by molar-refractivity contribution is 6.14. The van der Waals surface area contributed by atoms with E-state index in [1.807, 2.05) is 42.5 Å². The molecule has 0 aliphatic rings. The van der Waals surface area contributed by atoms with Crippen molar-refractivity contribution in [1.29, 1.82) is 0 Å². The Bertz CT molecular complexity index is 4560. The van der Waals surface area contributed by atoms with Crippen molar-refractivity contribution >= 4 is 71.1 Å². The third kappa shape index (κ3) is 7.33. The zero-order valence-electron chi connectivity index (χ0n) is 41.6. The Hall–Kier alpha value is -10.6. The van der Waals surface area contributed by atoms with E-state index in [0.29, 0.717) is 11.5 Å². The van der Waals surface area contributed by atoms with Gasteiger partial charge in [0.2, 0.25) is 0 Å². The van der Waals surface area contributed by atoms with Gasteiger partial charge in [-0.25, -0.2) is 14.8 Å². The summed E-state index contributed by atoms with van der Waals surface area (Å²) in [5.41, 5.74) is 20.0. The summed E-state index contributed by atoms with van der Waals surface area (Å²) in [6.45, 7) is 7.57. The van der Waals surface area contributed by atoms with Crippen LogP contribution in [0.4, 0.5) is 5.69 Å². The van der Waals surface area contributed by atoms with Gasteiger partial charge in [-0.2, -0.15) is 0 Å². The van der Waals surface area contributed by atoms with Crippen LogP contribution in [-0.4, -0.2) is 23.7 Å². The molecule has 0 spiro atoms. The van der Waals surface area contributed by atoms with Gasteiger partial charge in [-0.15, -0.1) is 0 Å². The second-order valence-corrected chi connectivity index (χ2v) is 19.7. The average Bonchev–Trinajstić information content (AvgIpc) is 4.23. The van der Waals surface area contributed by atoms with E-state index in [1.165, 1.54) is 54.4 Å². The van der Waals surface area contributed by atoms with E-state index in [4.69, 9.17) is 16.5 Å². The second-order valence-electron chi connectivity index (χ2n) is 19.7. The highest BCUT2D eigenvalue weighted by Gasteiger charge is 2.20. The Labute approximate surface area is 444 Å². The first-order valence-corrected chi connectivity index (χ1v) is 25.9. The Kier molecular flexibility index (Phi) is 10.2. The van der Waals surface area contributed by atoms with Gasteiger partial charge < -0.3 is 13.7 Å². The molecule has 4 aromatic heterocycles. The average molecular weight is 981 g/mol. The van der Waals surface area contributed by atoms with Gasteiger partial charge in [-0.1, -0.05) is 182 Å². The van der Waals surface area contributed by atoms with Crippen molar-refractivity contribution in [2.45, 2.75) is 0 Å². The first kappa shape index (κ1) is 43.9. The van der Waals surface area contributed by atoms with Crippen molar-refractivity contribution in [3.05, 3.63) is 278 Å². The van der Waals surface area contributed by atoms with Crippen LogP contribution in [0.3, 0.4) is 0 Å². The molecule has 0 N–H and O–H groups in total. The van der Waals surface area contributed by atoms with E-state index < -0.39 is 0 Å². The predicted octanol–water partition coefficient (Wildman–Crippen LogP) is 18.7. The number of hydrogen-bond donors (Lipinski definition) is 0. The van der Waals surface area contributed by atoms with Crippen molar-refractivity contribution < 1.29 is 0 Å². The van der Waals surface area contributed by atoms with Gasteiger partial charge in [0.1, 0.15) is 0 Å². The molecule has 0 aliphatic heterocycles. The van der Waals surface area contributed by atoms with Gasteiger partial charge in [0.05, 0.1) is 51.1 Å². The fourth-order valence-corrected chi connectivity index (χ4v) is 11.6. The maximum absolute atomic E-state index is 7.57. The Morgan fingerprint density at radius 3 is 1.06 bits per heavy atom.